The SMILES string of the molecule is Cc1ccc(C(=O)O)c(Oc2c([N+](=O)[O-])nc(C)n2C)c1. The lowest BCUT2D eigenvalue weighted by molar-refractivity contribution is -0.390. The Morgan fingerprint density at radius 1 is 1.43 bits per heavy atom. The molecule has 0 amide bonds. The van der Waals surface area contributed by atoms with E-state index in [1.54, 1.807) is 27.0 Å². The second-order valence-corrected chi connectivity index (χ2v) is 4.51. The molecule has 0 aliphatic carbocycles. The quantitative estimate of drug-likeness (QED) is 0.684. The smallest absolute Gasteiger partial charge is 0.427 e. The second-order valence-electron chi connectivity index (χ2n) is 4.51. The van der Waals surface area contributed by atoms with Crippen LogP contribution in [0.5, 0.6) is 11.6 Å². The summed E-state index contributed by atoms with van der Waals surface area (Å²) < 4.78 is 6.87. The van der Waals surface area contributed by atoms with Crippen molar-refractivity contribution in [2.24, 2.45) is 7.05 Å². The molecule has 1 aromatic carbocycles. The third-order valence-electron chi connectivity index (χ3n) is 3.00. The fraction of sp³-hybridized carbons (Fsp3) is 0.231. The number of aryl methyl sites for hydroxylation is 2. The number of carboxylic acid groups (broad SMARTS) is 1. The standard InChI is InChI=1S/C13H13N3O5/c1-7-4-5-9(13(17)18)10(6-7)21-12-11(16(19)20)14-8(2)15(12)3/h4-6H,1-3H3,(H,17,18). The van der Waals surface area contributed by atoms with Crippen molar-refractivity contribution in [3.05, 3.63) is 45.3 Å². The van der Waals surface area contributed by atoms with Crippen LogP contribution in [0.3, 0.4) is 0 Å². The highest BCUT2D eigenvalue weighted by Gasteiger charge is 2.27. The zero-order valence-corrected chi connectivity index (χ0v) is 11.7. The summed E-state index contributed by atoms with van der Waals surface area (Å²) in [6.07, 6.45) is 0. The van der Waals surface area contributed by atoms with Crippen LogP contribution in [0.15, 0.2) is 18.2 Å². The molecule has 0 saturated carbocycles. The molecule has 21 heavy (non-hydrogen) atoms. The van der Waals surface area contributed by atoms with Crippen molar-refractivity contribution >= 4 is 11.8 Å². The van der Waals surface area contributed by atoms with Crippen molar-refractivity contribution < 1.29 is 19.6 Å². The second kappa shape index (κ2) is 5.23. The van der Waals surface area contributed by atoms with Gasteiger partial charge in [0.05, 0.1) is 0 Å². The molecule has 8 nitrogen and oxygen atoms in total. The first-order chi connectivity index (χ1) is 9.81. The van der Waals surface area contributed by atoms with Crippen LogP contribution in [-0.2, 0) is 7.05 Å². The fourth-order valence-corrected chi connectivity index (χ4v) is 1.80. The Morgan fingerprint density at radius 2 is 2.10 bits per heavy atom. The largest absolute Gasteiger partial charge is 0.478 e. The van der Waals surface area contributed by atoms with Crippen molar-refractivity contribution in [1.29, 1.82) is 0 Å². The normalized spacial score (nSPS) is 10.4. The van der Waals surface area contributed by atoms with Crippen LogP contribution < -0.4 is 4.74 Å². The molecule has 0 atom stereocenters. The van der Waals surface area contributed by atoms with E-state index < -0.39 is 16.7 Å². The summed E-state index contributed by atoms with van der Waals surface area (Å²) in [5.74, 6) is -1.31. The number of carbonyl (C=O) groups is 1. The molecule has 1 heterocycles. The highest BCUT2D eigenvalue weighted by atomic mass is 16.6. The highest BCUT2D eigenvalue weighted by Crippen LogP contribution is 2.33. The first-order valence-corrected chi connectivity index (χ1v) is 6.00. The maximum Gasteiger partial charge on any atom is 0.427 e. The maximum absolute atomic E-state index is 11.2. The van der Waals surface area contributed by atoms with Crippen molar-refractivity contribution in [3.8, 4) is 11.6 Å². The van der Waals surface area contributed by atoms with Crippen LogP contribution >= 0.6 is 0 Å². The first kappa shape index (κ1) is 14.5. The van der Waals surface area contributed by atoms with Gasteiger partial charge in [0.15, 0.2) is 0 Å². The van der Waals surface area contributed by atoms with Crippen molar-refractivity contribution in [1.82, 2.24) is 9.55 Å². The van der Waals surface area contributed by atoms with E-state index in [1.807, 2.05) is 0 Å². The number of rotatable bonds is 4. The molecule has 0 radical (unpaired) electrons. The van der Waals surface area contributed by atoms with Crippen LogP contribution in [0.2, 0.25) is 0 Å². The number of hydrogen-bond donors (Lipinski definition) is 1. The molecule has 0 saturated heterocycles. The maximum atomic E-state index is 11.2. The summed E-state index contributed by atoms with van der Waals surface area (Å²) in [5, 5.41) is 20.1. The molecule has 1 N–H and O–H groups in total. The van der Waals surface area contributed by atoms with E-state index >= 15 is 0 Å². The Balaban J connectivity index is 2.55. The van der Waals surface area contributed by atoms with Gasteiger partial charge in [-0.25, -0.2) is 4.79 Å². The summed E-state index contributed by atoms with van der Waals surface area (Å²) in [7, 11) is 1.56. The Labute approximate surface area is 119 Å². The Kier molecular flexibility index (Phi) is 3.62. The number of hydrogen-bond acceptors (Lipinski definition) is 5. The Morgan fingerprint density at radius 3 is 2.67 bits per heavy atom. The van der Waals surface area contributed by atoms with E-state index in [4.69, 9.17) is 9.84 Å². The molecule has 0 spiro atoms. The fourth-order valence-electron chi connectivity index (χ4n) is 1.80. The third kappa shape index (κ3) is 2.69. The number of aromatic nitrogens is 2. The minimum atomic E-state index is -1.17. The zero-order valence-electron chi connectivity index (χ0n) is 11.7. The van der Waals surface area contributed by atoms with Gasteiger partial charge in [-0.15, -0.1) is 0 Å². The number of benzene rings is 1. The first-order valence-electron chi connectivity index (χ1n) is 6.00. The predicted molar refractivity (Wildman–Crippen MR) is 72.8 cm³/mol. The summed E-state index contributed by atoms with van der Waals surface area (Å²) in [4.78, 5) is 25.3. The van der Waals surface area contributed by atoms with Crippen LogP contribution in [0.4, 0.5) is 5.82 Å². The summed E-state index contributed by atoms with van der Waals surface area (Å²) in [6, 6.07) is 4.52. The molecule has 110 valence electrons. The minimum Gasteiger partial charge on any atom is -0.478 e. The molecular formula is C13H13N3O5. The molecule has 2 aromatic rings. The molecular weight excluding hydrogens is 278 g/mol. The summed E-state index contributed by atoms with van der Waals surface area (Å²) >= 11 is 0. The zero-order chi connectivity index (χ0) is 15.7. The molecule has 0 aliphatic heterocycles. The lowest BCUT2D eigenvalue weighted by atomic mass is 10.1. The number of aromatic carboxylic acids is 1. The lowest BCUT2D eigenvalue weighted by Gasteiger charge is -2.09. The number of nitrogens with zero attached hydrogens (tertiary/aromatic N) is 3. The van der Waals surface area contributed by atoms with Gasteiger partial charge in [-0.05, 0) is 34.5 Å². The molecule has 0 fully saturated rings. The van der Waals surface area contributed by atoms with Gasteiger partial charge in [-0.3, -0.25) is 4.57 Å². The van der Waals surface area contributed by atoms with Gasteiger partial charge in [0, 0.05) is 14.0 Å². The van der Waals surface area contributed by atoms with Gasteiger partial charge in [0.25, 0.3) is 0 Å². The van der Waals surface area contributed by atoms with Crippen LogP contribution in [-0.4, -0.2) is 25.6 Å². The third-order valence-corrected chi connectivity index (χ3v) is 3.00. The predicted octanol–water partition coefficient (Wildman–Crippen LogP) is 2.44. The van der Waals surface area contributed by atoms with Gasteiger partial charge >= 0.3 is 17.7 Å². The van der Waals surface area contributed by atoms with Crippen LogP contribution in [0.25, 0.3) is 0 Å². The molecule has 2 rings (SSSR count). The van der Waals surface area contributed by atoms with E-state index in [9.17, 15) is 14.9 Å². The molecule has 0 bridgehead atoms. The van der Waals surface area contributed by atoms with E-state index in [2.05, 4.69) is 4.98 Å². The minimum absolute atomic E-state index is 0.0357. The van der Waals surface area contributed by atoms with Crippen LogP contribution in [0, 0.1) is 24.0 Å². The van der Waals surface area contributed by atoms with Gasteiger partial charge in [-0.2, -0.15) is 0 Å². The van der Waals surface area contributed by atoms with E-state index in [0.717, 1.165) is 5.56 Å². The van der Waals surface area contributed by atoms with Crippen molar-refractivity contribution in [2.75, 3.05) is 0 Å². The topological polar surface area (TPSA) is 107 Å². The van der Waals surface area contributed by atoms with Gasteiger partial charge < -0.3 is 20.0 Å². The van der Waals surface area contributed by atoms with Gasteiger partial charge in [-0.1, -0.05) is 6.07 Å². The Hall–Kier alpha value is -2.90. The molecule has 0 aliphatic rings. The average molecular weight is 291 g/mol. The van der Waals surface area contributed by atoms with E-state index in [-0.39, 0.29) is 17.2 Å². The monoisotopic (exact) mass is 291 g/mol. The molecule has 0 unspecified atom stereocenters. The van der Waals surface area contributed by atoms with E-state index in [1.165, 1.54) is 16.7 Å². The van der Waals surface area contributed by atoms with E-state index in [0.29, 0.717) is 5.82 Å². The van der Waals surface area contributed by atoms with Crippen LogP contribution in [0.1, 0.15) is 21.7 Å². The summed E-state index contributed by atoms with van der Waals surface area (Å²) in [5.41, 5.74) is 0.699. The van der Waals surface area contributed by atoms with Gasteiger partial charge in [0.1, 0.15) is 11.3 Å². The number of carboxylic acids is 1. The Bertz CT molecular complexity index is 736. The lowest BCUT2D eigenvalue weighted by Crippen LogP contribution is -2.03. The summed E-state index contributed by atoms with van der Waals surface area (Å²) in [6.45, 7) is 3.36. The van der Waals surface area contributed by atoms with Gasteiger partial charge in [0.2, 0.25) is 5.82 Å². The molecule has 8 heteroatoms. The highest BCUT2D eigenvalue weighted by molar-refractivity contribution is 5.91. The number of imidazole rings is 1. The number of nitro groups is 1. The number of ether oxygens (including phenoxy) is 1. The average Bonchev–Trinajstić information content (AvgIpc) is 2.67. The molecule has 1 aromatic heterocycles. The van der Waals surface area contributed by atoms with Crippen molar-refractivity contribution in [2.45, 2.75) is 13.8 Å². The van der Waals surface area contributed by atoms with Crippen molar-refractivity contribution in [3.63, 3.8) is 0 Å².